The van der Waals surface area contributed by atoms with E-state index in [2.05, 4.69) is 0 Å². The first-order valence-electron chi connectivity index (χ1n) is 7.76. The van der Waals surface area contributed by atoms with Gasteiger partial charge < -0.3 is 10.1 Å². The maximum absolute atomic E-state index is 13.4. The third-order valence-corrected chi connectivity index (χ3v) is 3.24. The Kier molecular flexibility index (Phi) is 6.73. The average Bonchev–Trinajstić information content (AvgIpc) is 2.48. The molecule has 1 atom stereocenters. The molecule has 1 aromatic carbocycles. The van der Waals surface area contributed by atoms with E-state index in [-0.39, 0.29) is 6.42 Å². The zero-order chi connectivity index (χ0) is 20.2. The molecule has 0 aliphatic heterocycles. The highest BCUT2D eigenvalue weighted by atomic mass is 19.4. The molecule has 0 unspecified atom stereocenters. The number of carbonyl (C=O) groups excluding carboxylic acids is 2. The largest absolute Gasteiger partial charge is 0.461 e. The van der Waals surface area contributed by atoms with Gasteiger partial charge >= 0.3 is 18.2 Å². The van der Waals surface area contributed by atoms with E-state index in [4.69, 9.17) is 4.74 Å². The van der Waals surface area contributed by atoms with Crippen molar-refractivity contribution in [1.29, 1.82) is 0 Å². The normalized spacial score (nSPS) is 13.8. The van der Waals surface area contributed by atoms with Crippen LogP contribution in [0.1, 0.15) is 32.8 Å². The molecule has 0 aliphatic rings. The van der Waals surface area contributed by atoms with Crippen molar-refractivity contribution in [1.82, 2.24) is 5.32 Å². The molecule has 0 bridgehead atoms. The van der Waals surface area contributed by atoms with Gasteiger partial charge in [-0.05, 0) is 39.2 Å². The SMILES string of the molecule is CC(C)(C)OC(=O)N[C@@H](CCc1ccccc1)C(=O)C(F)(F)C(F)(F)F. The summed E-state index contributed by atoms with van der Waals surface area (Å²) in [7, 11) is 0. The summed E-state index contributed by atoms with van der Waals surface area (Å²) in [5.41, 5.74) is -0.393. The van der Waals surface area contributed by atoms with Crippen LogP contribution in [0.15, 0.2) is 30.3 Å². The fourth-order valence-electron chi connectivity index (χ4n) is 2.03. The molecule has 0 fully saturated rings. The summed E-state index contributed by atoms with van der Waals surface area (Å²) < 4.78 is 69.2. The molecule has 0 aromatic heterocycles. The predicted octanol–water partition coefficient (Wildman–Crippen LogP) is 4.28. The molecule has 9 heteroatoms. The predicted molar refractivity (Wildman–Crippen MR) is 83.9 cm³/mol. The Hall–Kier alpha value is -2.19. The average molecular weight is 381 g/mol. The lowest BCUT2D eigenvalue weighted by atomic mass is 9.98. The maximum atomic E-state index is 13.4. The van der Waals surface area contributed by atoms with E-state index in [0.717, 1.165) is 0 Å². The van der Waals surface area contributed by atoms with Gasteiger partial charge in [-0.1, -0.05) is 30.3 Å². The first-order valence-corrected chi connectivity index (χ1v) is 7.76. The molecule has 0 aliphatic carbocycles. The Balaban J connectivity index is 2.97. The van der Waals surface area contributed by atoms with Crippen molar-refractivity contribution in [3.63, 3.8) is 0 Å². The quantitative estimate of drug-likeness (QED) is 0.749. The number of rotatable bonds is 6. The van der Waals surface area contributed by atoms with E-state index in [9.17, 15) is 31.5 Å². The van der Waals surface area contributed by atoms with E-state index >= 15 is 0 Å². The Morgan fingerprint density at radius 2 is 1.58 bits per heavy atom. The zero-order valence-electron chi connectivity index (χ0n) is 14.5. The first-order chi connectivity index (χ1) is 11.7. The number of hydrogen-bond donors (Lipinski definition) is 1. The third kappa shape index (κ3) is 6.27. The number of alkyl halides is 5. The number of halogens is 5. The molecule has 4 nitrogen and oxygen atoms in total. The van der Waals surface area contributed by atoms with E-state index in [0.29, 0.717) is 5.56 Å². The Morgan fingerprint density at radius 1 is 1.04 bits per heavy atom. The number of nitrogens with one attached hydrogen (secondary N) is 1. The maximum Gasteiger partial charge on any atom is 0.461 e. The summed E-state index contributed by atoms with van der Waals surface area (Å²) in [5.74, 6) is -8.00. The van der Waals surface area contributed by atoms with Gasteiger partial charge in [0, 0.05) is 0 Å². The molecular formula is C17H20F5NO3. The van der Waals surface area contributed by atoms with Crippen LogP contribution in [0.4, 0.5) is 26.7 Å². The second-order valence-electron chi connectivity index (χ2n) is 6.66. The highest BCUT2D eigenvalue weighted by Crippen LogP contribution is 2.37. The number of carbonyl (C=O) groups is 2. The Labute approximate surface area is 147 Å². The molecule has 26 heavy (non-hydrogen) atoms. The Bertz CT molecular complexity index is 624. The molecule has 0 spiro atoms. The summed E-state index contributed by atoms with van der Waals surface area (Å²) in [6, 6.07) is 6.19. The molecule has 0 saturated heterocycles. The molecular weight excluding hydrogens is 361 g/mol. The number of benzene rings is 1. The molecule has 0 heterocycles. The number of alkyl carbamates (subject to hydrolysis) is 1. The molecule has 1 aromatic rings. The number of aryl methyl sites for hydroxylation is 1. The summed E-state index contributed by atoms with van der Waals surface area (Å²) in [5, 5.41) is 1.83. The number of ketones is 1. The molecule has 0 saturated carbocycles. The highest BCUT2D eigenvalue weighted by molar-refractivity contribution is 5.93. The van der Waals surface area contributed by atoms with Crippen LogP contribution >= 0.6 is 0 Å². The van der Waals surface area contributed by atoms with Crippen LogP contribution in [0.3, 0.4) is 0 Å². The van der Waals surface area contributed by atoms with Gasteiger partial charge in [-0.2, -0.15) is 22.0 Å². The van der Waals surface area contributed by atoms with Gasteiger partial charge in [0.15, 0.2) is 0 Å². The van der Waals surface area contributed by atoms with E-state index in [1.165, 1.54) is 20.8 Å². The van der Waals surface area contributed by atoms with Crippen molar-refractivity contribution in [2.75, 3.05) is 0 Å². The smallest absolute Gasteiger partial charge is 0.444 e. The fourth-order valence-corrected chi connectivity index (χ4v) is 2.03. The van der Waals surface area contributed by atoms with Crippen LogP contribution in [0.2, 0.25) is 0 Å². The lowest BCUT2D eigenvalue weighted by Crippen LogP contribution is -2.55. The van der Waals surface area contributed by atoms with Crippen molar-refractivity contribution >= 4 is 11.9 Å². The minimum Gasteiger partial charge on any atom is -0.444 e. The Morgan fingerprint density at radius 3 is 2.04 bits per heavy atom. The highest BCUT2D eigenvalue weighted by Gasteiger charge is 2.64. The van der Waals surface area contributed by atoms with Crippen molar-refractivity contribution in [3.05, 3.63) is 35.9 Å². The lowest BCUT2D eigenvalue weighted by Gasteiger charge is -2.26. The minimum atomic E-state index is -6.05. The third-order valence-electron chi connectivity index (χ3n) is 3.24. The summed E-state index contributed by atoms with van der Waals surface area (Å²) in [6.07, 6.45) is -7.72. The second kappa shape index (κ2) is 8.01. The number of Topliss-reactive ketones (excluding diaryl/α,β-unsaturated/α-hetero) is 1. The zero-order valence-corrected chi connectivity index (χ0v) is 14.5. The van der Waals surface area contributed by atoms with Gasteiger partial charge in [0.05, 0.1) is 6.04 Å². The van der Waals surface area contributed by atoms with Crippen LogP contribution in [0.5, 0.6) is 0 Å². The van der Waals surface area contributed by atoms with Crippen LogP contribution in [-0.2, 0) is 16.0 Å². The number of amides is 1. The van der Waals surface area contributed by atoms with Crippen LogP contribution in [0, 0.1) is 0 Å². The molecule has 1 rings (SSSR count). The summed E-state index contributed by atoms with van der Waals surface area (Å²) in [4.78, 5) is 23.5. The van der Waals surface area contributed by atoms with Gasteiger partial charge in [0.2, 0.25) is 5.78 Å². The van der Waals surface area contributed by atoms with Gasteiger partial charge in [-0.15, -0.1) is 0 Å². The standard InChI is InChI=1S/C17H20F5NO3/c1-15(2,3)26-14(25)23-12(10-9-11-7-5-4-6-8-11)13(24)16(18,19)17(20,21)22/h4-8,12H,9-10H2,1-3H3,(H,23,25)/t12-/m0/s1. The number of ether oxygens (including phenoxy) is 1. The summed E-state index contributed by atoms with van der Waals surface area (Å²) >= 11 is 0. The van der Waals surface area contributed by atoms with Crippen LogP contribution in [0.25, 0.3) is 0 Å². The van der Waals surface area contributed by atoms with Gasteiger partial charge in [0.25, 0.3) is 0 Å². The van der Waals surface area contributed by atoms with Gasteiger partial charge in [-0.25, -0.2) is 4.79 Å². The van der Waals surface area contributed by atoms with Gasteiger partial charge in [-0.3, -0.25) is 4.79 Å². The second-order valence-corrected chi connectivity index (χ2v) is 6.66. The topological polar surface area (TPSA) is 55.4 Å². The monoisotopic (exact) mass is 381 g/mol. The van der Waals surface area contributed by atoms with Crippen molar-refractivity contribution in [3.8, 4) is 0 Å². The molecule has 1 amide bonds. The molecule has 146 valence electrons. The van der Waals surface area contributed by atoms with Crippen molar-refractivity contribution in [2.24, 2.45) is 0 Å². The van der Waals surface area contributed by atoms with E-state index in [1.54, 1.807) is 30.3 Å². The van der Waals surface area contributed by atoms with Gasteiger partial charge in [0.1, 0.15) is 5.60 Å². The number of hydrogen-bond acceptors (Lipinski definition) is 3. The summed E-state index contributed by atoms with van der Waals surface area (Å²) in [6.45, 7) is 4.45. The fraction of sp³-hybridized carbons (Fsp3) is 0.529. The van der Waals surface area contributed by atoms with Crippen LogP contribution < -0.4 is 5.32 Å². The molecule has 1 N–H and O–H groups in total. The lowest BCUT2D eigenvalue weighted by molar-refractivity contribution is -0.269. The van der Waals surface area contributed by atoms with Crippen molar-refractivity contribution in [2.45, 2.75) is 57.4 Å². The minimum absolute atomic E-state index is 0.0149. The van der Waals surface area contributed by atoms with Crippen molar-refractivity contribution < 1.29 is 36.3 Å². The molecule has 0 radical (unpaired) electrons. The van der Waals surface area contributed by atoms with E-state index < -0.39 is 42.0 Å². The first kappa shape index (κ1) is 21.9. The van der Waals surface area contributed by atoms with E-state index in [1.807, 2.05) is 5.32 Å². The van der Waals surface area contributed by atoms with Crippen LogP contribution in [-0.4, -0.2) is 35.6 Å².